The third-order valence-corrected chi connectivity index (χ3v) is 3.39. The van der Waals surface area contributed by atoms with E-state index in [-0.39, 0.29) is 16.5 Å². The Labute approximate surface area is 112 Å². The predicted molar refractivity (Wildman–Crippen MR) is 67.9 cm³/mol. The Morgan fingerprint density at radius 3 is 2.56 bits per heavy atom. The largest absolute Gasteiger partial charge is 0.480 e. The topological polar surface area (TPSA) is 66.4 Å². The molecule has 0 radical (unpaired) electrons. The van der Waals surface area contributed by atoms with Crippen LogP contribution in [-0.2, 0) is 4.79 Å². The normalized spacial score (nSPS) is 13.8. The molecule has 0 heterocycles. The SMILES string of the molecule is CCC(C)(NC(=O)c1ccc(Br)c(F)c1)C(=O)O. The molecule has 1 aromatic rings. The van der Waals surface area contributed by atoms with E-state index in [1.54, 1.807) is 6.92 Å². The first-order valence-corrected chi connectivity index (χ1v) is 6.10. The molecule has 0 bridgehead atoms. The van der Waals surface area contributed by atoms with Crippen LogP contribution in [0.4, 0.5) is 4.39 Å². The number of carboxylic acids is 1. The maximum atomic E-state index is 13.3. The van der Waals surface area contributed by atoms with Gasteiger partial charge in [-0.3, -0.25) is 4.79 Å². The quantitative estimate of drug-likeness (QED) is 0.897. The second-order valence-corrected chi connectivity index (χ2v) is 4.93. The number of carboxylic acid groups (broad SMARTS) is 1. The first-order valence-electron chi connectivity index (χ1n) is 5.31. The number of rotatable bonds is 4. The third-order valence-electron chi connectivity index (χ3n) is 2.75. The molecule has 6 heteroatoms. The van der Waals surface area contributed by atoms with E-state index < -0.39 is 23.2 Å². The van der Waals surface area contributed by atoms with Gasteiger partial charge >= 0.3 is 5.97 Å². The van der Waals surface area contributed by atoms with Crippen LogP contribution in [0.15, 0.2) is 22.7 Å². The molecule has 0 spiro atoms. The first-order chi connectivity index (χ1) is 8.30. The molecule has 1 amide bonds. The van der Waals surface area contributed by atoms with Gasteiger partial charge in [-0.2, -0.15) is 0 Å². The van der Waals surface area contributed by atoms with Crippen molar-refractivity contribution in [2.24, 2.45) is 0 Å². The average Bonchev–Trinajstić information content (AvgIpc) is 2.32. The fraction of sp³-hybridized carbons (Fsp3) is 0.333. The Morgan fingerprint density at radius 2 is 2.11 bits per heavy atom. The minimum absolute atomic E-state index is 0.0802. The van der Waals surface area contributed by atoms with E-state index in [1.807, 2.05) is 0 Å². The number of nitrogens with one attached hydrogen (secondary N) is 1. The van der Waals surface area contributed by atoms with Crippen molar-refractivity contribution in [3.8, 4) is 0 Å². The Balaban J connectivity index is 2.95. The highest BCUT2D eigenvalue weighted by molar-refractivity contribution is 9.10. The van der Waals surface area contributed by atoms with Gasteiger partial charge in [0.15, 0.2) is 0 Å². The van der Waals surface area contributed by atoms with Gasteiger partial charge in [-0.25, -0.2) is 9.18 Å². The van der Waals surface area contributed by atoms with Crippen molar-refractivity contribution < 1.29 is 19.1 Å². The van der Waals surface area contributed by atoms with E-state index >= 15 is 0 Å². The number of aliphatic carboxylic acids is 1. The molecule has 1 aromatic carbocycles. The highest BCUT2D eigenvalue weighted by Gasteiger charge is 2.33. The maximum absolute atomic E-state index is 13.3. The van der Waals surface area contributed by atoms with Gasteiger partial charge in [0.05, 0.1) is 4.47 Å². The summed E-state index contributed by atoms with van der Waals surface area (Å²) >= 11 is 2.98. The molecule has 18 heavy (non-hydrogen) atoms. The fourth-order valence-electron chi connectivity index (χ4n) is 1.25. The number of hydrogen-bond donors (Lipinski definition) is 2. The van der Waals surface area contributed by atoms with Crippen LogP contribution in [0.25, 0.3) is 0 Å². The lowest BCUT2D eigenvalue weighted by Crippen LogP contribution is -2.51. The average molecular weight is 318 g/mol. The van der Waals surface area contributed by atoms with Crippen LogP contribution >= 0.6 is 15.9 Å². The lowest BCUT2D eigenvalue weighted by Gasteiger charge is -2.24. The summed E-state index contributed by atoms with van der Waals surface area (Å²) in [4.78, 5) is 22.9. The predicted octanol–water partition coefficient (Wildman–Crippen LogP) is 2.57. The lowest BCUT2D eigenvalue weighted by atomic mass is 9.98. The van der Waals surface area contributed by atoms with E-state index in [0.717, 1.165) is 6.07 Å². The van der Waals surface area contributed by atoms with E-state index in [9.17, 15) is 14.0 Å². The number of amides is 1. The second-order valence-electron chi connectivity index (χ2n) is 4.07. The van der Waals surface area contributed by atoms with Gasteiger partial charge in [0.2, 0.25) is 0 Å². The summed E-state index contributed by atoms with van der Waals surface area (Å²) in [5, 5.41) is 11.4. The van der Waals surface area contributed by atoms with E-state index in [4.69, 9.17) is 5.11 Å². The minimum Gasteiger partial charge on any atom is -0.480 e. The molecule has 0 aliphatic carbocycles. The third kappa shape index (κ3) is 3.07. The van der Waals surface area contributed by atoms with Crippen molar-refractivity contribution in [1.82, 2.24) is 5.32 Å². The number of carbonyl (C=O) groups excluding carboxylic acids is 1. The van der Waals surface area contributed by atoms with E-state index in [1.165, 1.54) is 19.1 Å². The molecule has 0 aliphatic heterocycles. The van der Waals surface area contributed by atoms with Crippen LogP contribution < -0.4 is 5.32 Å². The smallest absolute Gasteiger partial charge is 0.329 e. The molecule has 1 rings (SSSR count). The Morgan fingerprint density at radius 1 is 1.50 bits per heavy atom. The minimum atomic E-state index is -1.36. The maximum Gasteiger partial charge on any atom is 0.329 e. The van der Waals surface area contributed by atoms with Crippen molar-refractivity contribution in [3.05, 3.63) is 34.1 Å². The lowest BCUT2D eigenvalue weighted by molar-refractivity contribution is -0.143. The summed E-state index contributed by atoms with van der Waals surface area (Å²) < 4.78 is 13.5. The summed E-state index contributed by atoms with van der Waals surface area (Å²) in [5.41, 5.74) is -1.28. The van der Waals surface area contributed by atoms with Crippen molar-refractivity contribution in [1.29, 1.82) is 0 Å². The molecule has 0 saturated heterocycles. The summed E-state index contributed by atoms with van der Waals surface area (Å²) in [6.07, 6.45) is 0.229. The van der Waals surface area contributed by atoms with Crippen LogP contribution in [0, 0.1) is 5.82 Å². The van der Waals surface area contributed by atoms with Crippen LogP contribution in [0.2, 0.25) is 0 Å². The molecule has 4 nitrogen and oxygen atoms in total. The zero-order valence-electron chi connectivity index (χ0n) is 9.96. The molecule has 1 atom stereocenters. The van der Waals surface area contributed by atoms with Crippen LogP contribution in [-0.4, -0.2) is 22.5 Å². The molecule has 2 N–H and O–H groups in total. The number of hydrogen-bond acceptors (Lipinski definition) is 2. The van der Waals surface area contributed by atoms with Crippen molar-refractivity contribution >= 4 is 27.8 Å². The van der Waals surface area contributed by atoms with Gasteiger partial charge in [0.1, 0.15) is 11.4 Å². The van der Waals surface area contributed by atoms with E-state index in [2.05, 4.69) is 21.2 Å². The first kappa shape index (κ1) is 14.6. The molecule has 0 fully saturated rings. The molecular weight excluding hydrogens is 305 g/mol. The van der Waals surface area contributed by atoms with Crippen LogP contribution in [0.3, 0.4) is 0 Å². The molecule has 0 aliphatic rings. The van der Waals surface area contributed by atoms with Gasteiger partial charge in [-0.1, -0.05) is 6.92 Å². The Kier molecular flexibility index (Phi) is 4.45. The van der Waals surface area contributed by atoms with Crippen molar-refractivity contribution in [3.63, 3.8) is 0 Å². The second kappa shape index (κ2) is 5.48. The van der Waals surface area contributed by atoms with Gasteiger partial charge in [-0.15, -0.1) is 0 Å². The van der Waals surface area contributed by atoms with Crippen molar-refractivity contribution in [2.45, 2.75) is 25.8 Å². The molecule has 98 valence electrons. The number of benzene rings is 1. The standard InChI is InChI=1S/C12H13BrFNO3/c1-3-12(2,11(17)18)15-10(16)7-4-5-8(13)9(14)6-7/h4-6H,3H2,1-2H3,(H,15,16)(H,17,18). The summed E-state index contributed by atoms with van der Waals surface area (Å²) in [6.45, 7) is 3.05. The molecular formula is C12H13BrFNO3. The zero-order chi connectivity index (χ0) is 13.9. The van der Waals surface area contributed by atoms with Gasteiger partial charge in [0.25, 0.3) is 5.91 Å². The molecule has 0 aromatic heterocycles. The highest BCUT2D eigenvalue weighted by Crippen LogP contribution is 2.17. The summed E-state index contributed by atoms with van der Waals surface area (Å²) in [6, 6.07) is 3.87. The fourth-order valence-corrected chi connectivity index (χ4v) is 1.50. The number of carbonyl (C=O) groups is 2. The summed E-state index contributed by atoms with van der Waals surface area (Å²) in [7, 11) is 0. The van der Waals surface area contributed by atoms with Crippen molar-refractivity contribution in [2.75, 3.05) is 0 Å². The molecule has 1 unspecified atom stereocenters. The molecule has 0 saturated carbocycles. The summed E-state index contributed by atoms with van der Waals surface area (Å²) in [5.74, 6) is -2.32. The van der Waals surface area contributed by atoms with Gasteiger partial charge in [-0.05, 0) is 47.5 Å². The zero-order valence-corrected chi connectivity index (χ0v) is 11.5. The van der Waals surface area contributed by atoms with Crippen LogP contribution in [0.1, 0.15) is 30.6 Å². The number of halogens is 2. The van der Waals surface area contributed by atoms with Gasteiger partial charge < -0.3 is 10.4 Å². The monoisotopic (exact) mass is 317 g/mol. The highest BCUT2D eigenvalue weighted by atomic mass is 79.9. The van der Waals surface area contributed by atoms with Gasteiger partial charge in [0, 0.05) is 5.56 Å². The Bertz CT molecular complexity index is 492. The van der Waals surface area contributed by atoms with E-state index in [0.29, 0.717) is 0 Å². The van der Waals surface area contributed by atoms with Crippen LogP contribution in [0.5, 0.6) is 0 Å². The Hall–Kier alpha value is -1.43.